The van der Waals surface area contributed by atoms with Crippen LogP contribution in [0.2, 0.25) is 0 Å². The van der Waals surface area contributed by atoms with Crippen molar-refractivity contribution in [2.45, 2.75) is 4.83 Å². The van der Waals surface area contributed by atoms with E-state index in [1.54, 1.807) is 12.1 Å². The Morgan fingerprint density at radius 1 is 0.842 bits per heavy atom. The van der Waals surface area contributed by atoms with Crippen molar-refractivity contribution >= 4 is 47.8 Å². The van der Waals surface area contributed by atoms with Crippen LogP contribution in [-0.4, -0.2) is 0 Å². The number of benzene rings is 2. The summed E-state index contributed by atoms with van der Waals surface area (Å²) in [5.74, 6) is -3.85. The van der Waals surface area contributed by atoms with E-state index in [9.17, 15) is 13.2 Å². The van der Waals surface area contributed by atoms with Crippen LogP contribution in [0.4, 0.5) is 13.2 Å². The first-order valence-electron chi connectivity index (χ1n) is 5.14. The molecule has 2 aromatic rings. The number of hydrogen-bond acceptors (Lipinski definition) is 0. The molecule has 0 radical (unpaired) electrons. The van der Waals surface area contributed by atoms with Gasteiger partial charge in [-0.2, -0.15) is 0 Å². The van der Waals surface area contributed by atoms with Crippen molar-refractivity contribution in [2.75, 3.05) is 0 Å². The van der Waals surface area contributed by atoms with E-state index in [1.807, 2.05) is 6.07 Å². The molecule has 0 aliphatic heterocycles. The summed E-state index contributed by atoms with van der Waals surface area (Å²) in [5, 5.41) is 0. The molecule has 0 saturated carbocycles. The molecule has 0 aliphatic carbocycles. The molecule has 0 heterocycles. The van der Waals surface area contributed by atoms with E-state index in [1.165, 1.54) is 6.07 Å². The summed E-state index contributed by atoms with van der Waals surface area (Å²) in [6.07, 6.45) is 0. The number of rotatable bonds is 2. The molecule has 2 rings (SSSR count). The first kappa shape index (κ1) is 15.1. The van der Waals surface area contributed by atoms with Gasteiger partial charge in [0, 0.05) is 14.5 Å². The van der Waals surface area contributed by atoms with Gasteiger partial charge in [-0.05, 0) is 29.8 Å². The average Bonchev–Trinajstić information content (AvgIpc) is 2.38. The molecular weight excluding hydrogens is 453 g/mol. The highest BCUT2D eigenvalue weighted by atomic mass is 79.9. The van der Waals surface area contributed by atoms with Gasteiger partial charge in [0.1, 0.15) is 0 Å². The van der Waals surface area contributed by atoms with Crippen LogP contribution in [0.25, 0.3) is 0 Å². The van der Waals surface area contributed by atoms with Gasteiger partial charge < -0.3 is 0 Å². The van der Waals surface area contributed by atoms with Gasteiger partial charge in [0.15, 0.2) is 17.5 Å². The van der Waals surface area contributed by atoms with Crippen LogP contribution in [-0.2, 0) is 0 Å². The highest BCUT2D eigenvalue weighted by molar-refractivity contribution is 9.11. The van der Waals surface area contributed by atoms with Gasteiger partial charge in [0.2, 0.25) is 0 Å². The summed E-state index contributed by atoms with van der Waals surface area (Å²) in [4.78, 5) is -0.588. The minimum Gasteiger partial charge on any atom is -0.204 e. The molecule has 1 unspecified atom stereocenters. The number of halogens is 6. The summed E-state index contributed by atoms with van der Waals surface area (Å²) in [7, 11) is 0. The Labute approximate surface area is 133 Å². The summed E-state index contributed by atoms with van der Waals surface area (Å²) in [5.41, 5.74) is 0.747. The minimum atomic E-state index is -1.46. The maximum absolute atomic E-state index is 13.8. The molecule has 0 nitrogen and oxygen atoms in total. The monoisotopic (exact) mass is 456 g/mol. The summed E-state index contributed by atoms with van der Waals surface area (Å²) in [6.45, 7) is 0. The van der Waals surface area contributed by atoms with Crippen LogP contribution < -0.4 is 0 Å². The molecule has 0 aliphatic rings. The Hall–Kier alpha value is -0.330. The minimum absolute atomic E-state index is 0.0395. The Bertz CT molecular complexity index is 629. The van der Waals surface area contributed by atoms with E-state index in [0.717, 1.165) is 15.0 Å². The van der Waals surface area contributed by atoms with Crippen molar-refractivity contribution < 1.29 is 13.2 Å². The van der Waals surface area contributed by atoms with E-state index in [4.69, 9.17) is 0 Å². The van der Waals surface area contributed by atoms with Gasteiger partial charge in [-0.1, -0.05) is 53.9 Å². The van der Waals surface area contributed by atoms with Crippen molar-refractivity contribution in [3.05, 3.63) is 67.9 Å². The first-order chi connectivity index (χ1) is 8.91. The maximum Gasteiger partial charge on any atom is 0.194 e. The second kappa shape index (κ2) is 5.97. The molecule has 19 heavy (non-hydrogen) atoms. The van der Waals surface area contributed by atoms with Crippen molar-refractivity contribution in [3.63, 3.8) is 0 Å². The van der Waals surface area contributed by atoms with Crippen molar-refractivity contribution in [3.8, 4) is 0 Å². The van der Waals surface area contributed by atoms with Gasteiger partial charge in [0.05, 0.1) is 4.83 Å². The summed E-state index contributed by atoms with van der Waals surface area (Å²) >= 11 is 9.97. The molecule has 2 aromatic carbocycles. The molecule has 6 heteroatoms. The molecule has 0 spiro atoms. The van der Waals surface area contributed by atoms with E-state index >= 15 is 0 Å². The van der Waals surface area contributed by atoms with Crippen LogP contribution >= 0.6 is 47.8 Å². The molecule has 1 atom stereocenters. The van der Waals surface area contributed by atoms with Crippen molar-refractivity contribution in [2.24, 2.45) is 0 Å². The zero-order chi connectivity index (χ0) is 14.2. The maximum atomic E-state index is 13.8. The van der Waals surface area contributed by atoms with E-state index in [2.05, 4.69) is 47.8 Å². The first-order valence-corrected chi connectivity index (χ1v) is 7.64. The van der Waals surface area contributed by atoms with E-state index in [-0.39, 0.29) is 5.56 Å². The Balaban J connectivity index is 2.53. The fourth-order valence-corrected chi connectivity index (χ4v) is 3.51. The van der Waals surface area contributed by atoms with Crippen LogP contribution in [0, 0.1) is 17.5 Å². The normalized spacial score (nSPS) is 12.5. The Morgan fingerprint density at radius 2 is 1.53 bits per heavy atom. The lowest BCUT2D eigenvalue weighted by Gasteiger charge is -2.14. The molecule has 100 valence electrons. The Morgan fingerprint density at radius 3 is 2.21 bits per heavy atom. The molecule has 0 amide bonds. The fourth-order valence-electron chi connectivity index (χ4n) is 1.61. The van der Waals surface area contributed by atoms with Crippen LogP contribution in [0.1, 0.15) is 16.0 Å². The molecule has 0 aromatic heterocycles. The lowest BCUT2D eigenvalue weighted by atomic mass is 10.0. The third kappa shape index (κ3) is 3.06. The third-order valence-electron chi connectivity index (χ3n) is 2.57. The third-order valence-corrected chi connectivity index (χ3v) is 4.77. The zero-order valence-corrected chi connectivity index (χ0v) is 14.0. The van der Waals surface area contributed by atoms with Gasteiger partial charge in [-0.25, -0.2) is 13.2 Å². The van der Waals surface area contributed by atoms with Crippen LogP contribution in [0.5, 0.6) is 0 Å². The van der Waals surface area contributed by atoms with Crippen molar-refractivity contribution in [1.29, 1.82) is 0 Å². The largest absolute Gasteiger partial charge is 0.204 e. The van der Waals surface area contributed by atoms with Gasteiger partial charge in [0.25, 0.3) is 0 Å². The smallest absolute Gasteiger partial charge is 0.194 e. The molecule has 0 bridgehead atoms. The number of alkyl halides is 1. The van der Waals surface area contributed by atoms with Crippen molar-refractivity contribution in [1.82, 2.24) is 0 Å². The second-order valence-corrected chi connectivity index (χ2v) is 6.48. The van der Waals surface area contributed by atoms with Crippen LogP contribution in [0.3, 0.4) is 0 Å². The van der Waals surface area contributed by atoms with E-state index < -0.39 is 22.3 Å². The van der Waals surface area contributed by atoms with Gasteiger partial charge >= 0.3 is 0 Å². The topological polar surface area (TPSA) is 0 Å². The predicted molar refractivity (Wildman–Crippen MR) is 78.9 cm³/mol. The lowest BCUT2D eigenvalue weighted by Crippen LogP contribution is -2.02. The quantitative estimate of drug-likeness (QED) is 0.376. The van der Waals surface area contributed by atoms with Gasteiger partial charge in [-0.15, -0.1) is 0 Å². The summed E-state index contributed by atoms with van der Waals surface area (Å²) < 4.78 is 41.5. The molecular formula is C13H6Br3F3. The SMILES string of the molecule is Fc1ccc(C(Br)c2cc(Br)ccc2Br)c(F)c1F. The predicted octanol–water partition coefficient (Wildman–Crippen LogP) is 6.11. The standard InChI is InChI=1S/C13H6Br3F3/c14-6-1-3-9(15)8(5-6)11(16)7-2-4-10(17)13(19)12(7)18/h1-5,11H. The fraction of sp³-hybridized carbons (Fsp3) is 0.0769. The molecule has 0 N–H and O–H groups in total. The average molecular weight is 459 g/mol. The highest BCUT2D eigenvalue weighted by Gasteiger charge is 2.21. The summed E-state index contributed by atoms with van der Waals surface area (Å²) in [6, 6.07) is 7.50. The molecule has 0 fully saturated rings. The Kier molecular flexibility index (Phi) is 4.74. The lowest BCUT2D eigenvalue weighted by molar-refractivity contribution is 0.442. The molecule has 0 saturated heterocycles. The zero-order valence-electron chi connectivity index (χ0n) is 9.23. The number of hydrogen-bond donors (Lipinski definition) is 0. The van der Waals surface area contributed by atoms with E-state index in [0.29, 0.717) is 5.56 Å². The second-order valence-electron chi connectivity index (χ2n) is 3.79. The van der Waals surface area contributed by atoms with Crippen LogP contribution in [0.15, 0.2) is 39.3 Å². The van der Waals surface area contributed by atoms with Gasteiger partial charge in [-0.3, -0.25) is 0 Å². The highest BCUT2D eigenvalue weighted by Crippen LogP contribution is 2.38.